The van der Waals surface area contributed by atoms with Gasteiger partial charge in [-0.05, 0) is 12.6 Å². The van der Waals surface area contributed by atoms with E-state index in [-0.39, 0.29) is 24.4 Å². The minimum atomic E-state index is -0.863. The number of nitro benzene ring substituents is 1. The number of aromatic amines is 2. The van der Waals surface area contributed by atoms with Crippen molar-refractivity contribution < 1.29 is 10.0 Å². The summed E-state index contributed by atoms with van der Waals surface area (Å²) in [5, 5.41) is 19.8. The van der Waals surface area contributed by atoms with Crippen LogP contribution in [-0.2, 0) is 6.54 Å². The number of hydrogen-bond donors (Lipinski definition) is 3. The van der Waals surface area contributed by atoms with Gasteiger partial charge in [-0.2, -0.15) is 0 Å². The summed E-state index contributed by atoms with van der Waals surface area (Å²) in [5.41, 5.74) is -0.836. The van der Waals surface area contributed by atoms with Gasteiger partial charge in [0.05, 0.1) is 22.6 Å². The molecular formula is C12H14N4O5. The van der Waals surface area contributed by atoms with E-state index in [9.17, 15) is 19.7 Å². The first-order valence-electron chi connectivity index (χ1n) is 6.15. The van der Waals surface area contributed by atoms with E-state index in [4.69, 9.17) is 5.11 Å². The van der Waals surface area contributed by atoms with Crippen LogP contribution in [0.15, 0.2) is 21.7 Å². The summed E-state index contributed by atoms with van der Waals surface area (Å²) < 4.78 is 0. The third kappa shape index (κ3) is 3.15. The van der Waals surface area contributed by atoms with Crippen molar-refractivity contribution >= 4 is 16.7 Å². The predicted molar refractivity (Wildman–Crippen MR) is 75.3 cm³/mol. The van der Waals surface area contributed by atoms with Crippen LogP contribution in [0.25, 0.3) is 11.0 Å². The van der Waals surface area contributed by atoms with Crippen LogP contribution >= 0.6 is 0 Å². The lowest BCUT2D eigenvalue weighted by atomic mass is 10.1. The second-order valence-corrected chi connectivity index (χ2v) is 4.65. The largest absolute Gasteiger partial charge is 0.395 e. The van der Waals surface area contributed by atoms with Gasteiger partial charge in [0.1, 0.15) is 0 Å². The topological polar surface area (TPSA) is 132 Å². The molecule has 112 valence electrons. The lowest BCUT2D eigenvalue weighted by Gasteiger charge is -2.16. The van der Waals surface area contributed by atoms with Crippen molar-refractivity contribution in [3.05, 3.63) is 48.5 Å². The number of rotatable bonds is 5. The Balaban J connectivity index is 2.64. The molecule has 0 unspecified atom stereocenters. The van der Waals surface area contributed by atoms with Gasteiger partial charge < -0.3 is 15.1 Å². The highest BCUT2D eigenvalue weighted by atomic mass is 16.6. The molecule has 0 aliphatic carbocycles. The Kier molecular flexibility index (Phi) is 4.15. The molecule has 2 rings (SSSR count). The number of H-pyrrole nitrogens is 2. The van der Waals surface area contributed by atoms with Crippen LogP contribution in [0.1, 0.15) is 5.56 Å². The van der Waals surface area contributed by atoms with E-state index in [0.29, 0.717) is 17.6 Å². The van der Waals surface area contributed by atoms with Gasteiger partial charge in [-0.15, -0.1) is 0 Å². The Bertz CT molecular complexity index is 794. The Labute approximate surface area is 118 Å². The number of aromatic nitrogens is 2. The van der Waals surface area contributed by atoms with Crippen LogP contribution < -0.4 is 11.1 Å². The molecule has 9 nitrogen and oxygen atoms in total. The Morgan fingerprint density at radius 3 is 2.57 bits per heavy atom. The number of non-ortho nitro benzene ring substituents is 1. The van der Waals surface area contributed by atoms with Crippen LogP contribution in [-0.4, -0.2) is 45.1 Å². The molecule has 2 aromatic rings. The molecule has 0 saturated heterocycles. The number of benzene rings is 1. The Morgan fingerprint density at radius 2 is 1.95 bits per heavy atom. The molecule has 0 amide bonds. The molecule has 1 heterocycles. The van der Waals surface area contributed by atoms with Gasteiger partial charge in [0.15, 0.2) is 0 Å². The Morgan fingerprint density at radius 1 is 1.29 bits per heavy atom. The smallest absolute Gasteiger partial charge is 0.314 e. The number of nitro groups is 1. The minimum Gasteiger partial charge on any atom is -0.395 e. The van der Waals surface area contributed by atoms with Gasteiger partial charge in [-0.25, -0.2) is 0 Å². The predicted octanol–water partition coefficient (Wildman–Crippen LogP) is -0.451. The summed E-state index contributed by atoms with van der Waals surface area (Å²) in [5.74, 6) is 0. The second kappa shape index (κ2) is 5.85. The molecule has 0 aliphatic rings. The molecule has 0 fully saturated rings. The molecule has 9 heteroatoms. The highest BCUT2D eigenvalue weighted by molar-refractivity contribution is 5.80. The molecular weight excluding hydrogens is 280 g/mol. The molecule has 3 N–H and O–H groups in total. The van der Waals surface area contributed by atoms with Crippen molar-refractivity contribution in [1.82, 2.24) is 14.9 Å². The van der Waals surface area contributed by atoms with E-state index < -0.39 is 16.0 Å². The fourth-order valence-electron chi connectivity index (χ4n) is 2.05. The molecule has 0 atom stereocenters. The average Bonchev–Trinajstić information content (AvgIpc) is 2.40. The van der Waals surface area contributed by atoms with E-state index in [1.54, 1.807) is 11.9 Å². The first-order chi connectivity index (χ1) is 9.92. The summed E-state index contributed by atoms with van der Waals surface area (Å²) in [6, 6.07) is 2.53. The highest BCUT2D eigenvalue weighted by Gasteiger charge is 2.15. The lowest BCUT2D eigenvalue weighted by Crippen LogP contribution is -2.30. The maximum absolute atomic E-state index is 11.4. The summed E-state index contributed by atoms with van der Waals surface area (Å²) in [6.45, 7) is 0.592. The fraction of sp³-hybridized carbons (Fsp3) is 0.333. The fourth-order valence-corrected chi connectivity index (χ4v) is 2.05. The number of aliphatic hydroxyl groups excluding tert-OH is 1. The standard InChI is InChI=1S/C12H14N4O5/c1-15(2-3-17)6-7-4-8(16(20)21)5-9-10(7)14-12(19)11(18)13-9/h4-5,17H,2-3,6H2,1H3,(H,13,18)(H,14,19). The van der Waals surface area contributed by atoms with Crippen LogP contribution in [0, 0.1) is 10.1 Å². The third-order valence-corrected chi connectivity index (χ3v) is 3.03. The summed E-state index contributed by atoms with van der Waals surface area (Å²) in [6.07, 6.45) is 0. The number of aliphatic hydroxyl groups is 1. The molecule has 21 heavy (non-hydrogen) atoms. The summed E-state index contributed by atoms with van der Waals surface area (Å²) >= 11 is 0. The zero-order chi connectivity index (χ0) is 15.6. The quantitative estimate of drug-likeness (QED) is 0.388. The number of likely N-dealkylation sites (N-methyl/N-ethyl adjacent to an activating group) is 1. The van der Waals surface area contributed by atoms with E-state index in [1.165, 1.54) is 12.1 Å². The molecule has 0 radical (unpaired) electrons. The first kappa shape index (κ1) is 14.9. The summed E-state index contributed by atoms with van der Waals surface area (Å²) in [7, 11) is 1.73. The number of nitrogens with one attached hydrogen (secondary N) is 2. The van der Waals surface area contributed by atoms with Crippen molar-refractivity contribution in [3.63, 3.8) is 0 Å². The van der Waals surface area contributed by atoms with Gasteiger partial charge in [0.2, 0.25) is 0 Å². The van der Waals surface area contributed by atoms with E-state index >= 15 is 0 Å². The molecule has 0 saturated carbocycles. The van der Waals surface area contributed by atoms with Gasteiger partial charge in [0, 0.05) is 25.2 Å². The molecule has 0 bridgehead atoms. The monoisotopic (exact) mass is 294 g/mol. The highest BCUT2D eigenvalue weighted by Crippen LogP contribution is 2.22. The molecule has 0 spiro atoms. The van der Waals surface area contributed by atoms with Crippen molar-refractivity contribution in [2.45, 2.75) is 6.54 Å². The Hall–Kier alpha value is -2.52. The number of hydrogen-bond acceptors (Lipinski definition) is 6. The van der Waals surface area contributed by atoms with Gasteiger partial charge >= 0.3 is 11.1 Å². The van der Waals surface area contributed by atoms with E-state index in [2.05, 4.69) is 9.97 Å². The molecule has 1 aromatic heterocycles. The van der Waals surface area contributed by atoms with Gasteiger partial charge in [0.25, 0.3) is 5.69 Å². The maximum atomic E-state index is 11.4. The normalized spacial score (nSPS) is 11.2. The van der Waals surface area contributed by atoms with Crippen molar-refractivity contribution in [3.8, 4) is 0 Å². The first-order valence-corrected chi connectivity index (χ1v) is 6.15. The SMILES string of the molecule is CN(CCO)Cc1cc([N+](=O)[O-])cc2[nH]c(=O)c(=O)[nH]c12. The number of nitrogens with zero attached hydrogens (tertiary/aromatic N) is 2. The maximum Gasteiger partial charge on any atom is 0.314 e. The van der Waals surface area contributed by atoms with Crippen molar-refractivity contribution in [1.29, 1.82) is 0 Å². The van der Waals surface area contributed by atoms with E-state index in [1.807, 2.05) is 0 Å². The lowest BCUT2D eigenvalue weighted by molar-refractivity contribution is -0.384. The molecule has 1 aromatic carbocycles. The number of fused-ring (bicyclic) bond motifs is 1. The van der Waals surface area contributed by atoms with Crippen LogP contribution in [0.4, 0.5) is 5.69 Å². The minimum absolute atomic E-state index is 0.0588. The second-order valence-electron chi connectivity index (χ2n) is 4.65. The van der Waals surface area contributed by atoms with Crippen molar-refractivity contribution in [2.24, 2.45) is 0 Å². The van der Waals surface area contributed by atoms with E-state index in [0.717, 1.165) is 0 Å². The molecule has 0 aliphatic heterocycles. The zero-order valence-corrected chi connectivity index (χ0v) is 11.3. The zero-order valence-electron chi connectivity index (χ0n) is 11.3. The van der Waals surface area contributed by atoms with Crippen LogP contribution in [0.2, 0.25) is 0 Å². The van der Waals surface area contributed by atoms with Crippen molar-refractivity contribution in [2.75, 3.05) is 20.2 Å². The van der Waals surface area contributed by atoms with Gasteiger partial charge in [-0.1, -0.05) is 0 Å². The van der Waals surface area contributed by atoms with Crippen LogP contribution in [0.3, 0.4) is 0 Å². The average molecular weight is 294 g/mol. The third-order valence-electron chi connectivity index (χ3n) is 3.03. The van der Waals surface area contributed by atoms with Gasteiger partial charge in [-0.3, -0.25) is 24.6 Å². The van der Waals surface area contributed by atoms with Crippen LogP contribution in [0.5, 0.6) is 0 Å². The summed E-state index contributed by atoms with van der Waals surface area (Å²) in [4.78, 5) is 39.6.